The van der Waals surface area contributed by atoms with Crippen LogP contribution < -0.4 is 5.32 Å². The third kappa shape index (κ3) is 5.23. The largest absolute Gasteiger partial charge is 0.354 e. The van der Waals surface area contributed by atoms with E-state index in [0.717, 1.165) is 5.56 Å². The molecule has 0 saturated carbocycles. The molecular formula is C21H25N5O2. The summed E-state index contributed by atoms with van der Waals surface area (Å²) < 4.78 is 5.24. The molecule has 146 valence electrons. The monoisotopic (exact) mass is 379 g/mol. The van der Waals surface area contributed by atoms with Gasteiger partial charge in [-0.1, -0.05) is 35.0 Å². The van der Waals surface area contributed by atoms with Crippen molar-refractivity contribution in [2.45, 2.75) is 25.8 Å². The van der Waals surface area contributed by atoms with E-state index >= 15 is 0 Å². The van der Waals surface area contributed by atoms with Gasteiger partial charge in [0.25, 0.3) is 0 Å². The lowest BCUT2D eigenvalue weighted by Gasteiger charge is -2.25. The van der Waals surface area contributed by atoms with E-state index in [1.807, 2.05) is 26.2 Å². The normalized spacial score (nSPS) is 12.1. The average molecular weight is 379 g/mol. The molecule has 0 bridgehead atoms. The van der Waals surface area contributed by atoms with Gasteiger partial charge in [0.1, 0.15) is 0 Å². The number of nitrogens with one attached hydrogen (secondary N) is 1. The van der Waals surface area contributed by atoms with Gasteiger partial charge in [-0.25, -0.2) is 0 Å². The number of carbonyl (C=O) groups excluding carboxylic acids is 1. The molecule has 0 saturated heterocycles. The Hall–Kier alpha value is -3.06. The standard InChI is InChI=1S/C21H25N5O2/c1-15-6-8-16(9-7-15)18(26(2)3)14-23-19(27)10-11-20-24-21(25-28-20)17-5-4-12-22-13-17/h4-9,12-13,18H,10-11,14H2,1-3H3,(H,23,27). The molecule has 0 fully saturated rings. The van der Waals surface area contributed by atoms with E-state index in [1.54, 1.807) is 12.4 Å². The van der Waals surface area contributed by atoms with Crippen LogP contribution in [0.25, 0.3) is 11.4 Å². The van der Waals surface area contributed by atoms with E-state index in [0.29, 0.717) is 31.1 Å². The Morgan fingerprint density at radius 1 is 1.21 bits per heavy atom. The van der Waals surface area contributed by atoms with Gasteiger partial charge in [0.05, 0.1) is 6.04 Å². The van der Waals surface area contributed by atoms with E-state index in [1.165, 1.54) is 11.1 Å². The summed E-state index contributed by atoms with van der Waals surface area (Å²) in [7, 11) is 4.02. The summed E-state index contributed by atoms with van der Waals surface area (Å²) in [5.74, 6) is 0.882. The molecule has 7 heteroatoms. The third-order valence-electron chi connectivity index (χ3n) is 4.53. The Kier molecular flexibility index (Phi) is 6.49. The molecule has 1 amide bonds. The van der Waals surface area contributed by atoms with Crippen molar-refractivity contribution in [3.63, 3.8) is 0 Å². The fourth-order valence-corrected chi connectivity index (χ4v) is 2.88. The molecule has 0 spiro atoms. The Balaban J connectivity index is 1.51. The van der Waals surface area contributed by atoms with Gasteiger partial charge in [-0.15, -0.1) is 0 Å². The first-order valence-electron chi connectivity index (χ1n) is 9.25. The summed E-state index contributed by atoms with van der Waals surface area (Å²) in [4.78, 5) is 22.7. The number of likely N-dealkylation sites (N-methyl/N-ethyl adjacent to an activating group) is 1. The highest BCUT2D eigenvalue weighted by atomic mass is 16.5. The molecule has 0 radical (unpaired) electrons. The first-order chi connectivity index (χ1) is 13.5. The number of benzene rings is 1. The number of amides is 1. The smallest absolute Gasteiger partial charge is 0.227 e. The summed E-state index contributed by atoms with van der Waals surface area (Å²) in [5.41, 5.74) is 3.18. The van der Waals surface area contributed by atoms with Crippen LogP contribution in [0.4, 0.5) is 0 Å². The second-order valence-corrected chi connectivity index (χ2v) is 6.95. The fraction of sp³-hybridized carbons (Fsp3) is 0.333. The second-order valence-electron chi connectivity index (χ2n) is 6.95. The van der Waals surface area contributed by atoms with Crippen molar-refractivity contribution in [1.29, 1.82) is 0 Å². The molecule has 1 atom stereocenters. The van der Waals surface area contributed by atoms with Gasteiger partial charge in [-0.2, -0.15) is 4.98 Å². The van der Waals surface area contributed by atoms with Gasteiger partial charge in [-0.3, -0.25) is 9.78 Å². The Bertz CT molecular complexity index is 891. The molecular weight excluding hydrogens is 354 g/mol. The highest BCUT2D eigenvalue weighted by Crippen LogP contribution is 2.18. The number of carbonyl (C=O) groups is 1. The van der Waals surface area contributed by atoms with Gasteiger partial charge >= 0.3 is 0 Å². The number of nitrogens with zero attached hydrogens (tertiary/aromatic N) is 4. The topological polar surface area (TPSA) is 84.2 Å². The van der Waals surface area contributed by atoms with E-state index < -0.39 is 0 Å². The SMILES string of the molecule is Cc1ccc(C(CNC(=O)CCc2nc(-c3cccnc3)no2)N(C)C)cc1. The molecule has 2 heterocycles. The Morgan fingerprint density at radius 3 is 2.68 bits per heavy atom. The van der Waals surface area contributed by atoms with Crippen molar-refractivity contribution in [1.82, 2.24) is 25.3 Å². The van der Waals surface area contributed by atoms with E-state index in [-0.39, 0.29) is 11.9 Å². The number of rotatable bonds is 8. The molecule has 0 aliphatic rings. The van der Waals surface area contributed by atoms with Crippen molar-refractivity contribution in [3.8, 4) is 11.4 Å². The minimum absolute atomic E-state index is 0.0416. The maximum absolute atomic E-state index is 12.3. The maximum atomic E-state index is 12.3. The van der Waals surface area contributed by atoms with Crippen LogP contribution in [-0.4, -0.2) is 46.6 Å². The van der Waals surface area contributed by atoms with E-state index in [4.69, 9.17) is 4.52 Å². The minimum atomic E-state index is -0.0416. The maximum Gasteiger partial charge on any atom is 0.227 e. The van der Waals surface area contributed by atoms with Gasteiger partial charge in [0.2, 0.25) is 17.6 Å². The number of hydrogen-bond donors (Lipinski definition) is 1. The van der Waals surface area contributed by atoms with E-state index in [2.05, 4.69) is 56.5 Å². The van der Waals surface area contributed by atoms with Crippen molar-refractivity contribution in [2.24, 2.45) is 0 Å². The van der Waals surface area contributed by atoms with Crippen molar-refractivity contribution >= 4 is 5.91 Å². The zero-order chi connectivity index (χ0) is 19.9. The number of hydrogen-bond acceptors (Lipinski definition) is 6. The summed E-state index contributed by atoms with van der Waals surface area (Å²) in [6, 6.07) is 12.2. The molecule has 0 aliphatic carbocycles. The summed E-state index contributed by atoms with van der Waals surface area (Å²) in [5, 5.41) is 6.95. The van der Waals surface area contributed by atoms with Gasteiger partial charge < -0.3 is 14.7 Å². The van der Waals surface area contributed by atoms with Crippen molar-refractivity contribution in [3.05, 3.63) is 65.8 Å². The lowest BCUT2D eigenvalue weighted by Crippen LogP contribution is -2.34. The van der Waals surface area contributed by atoms with Gasteiger partial charge in [0, 0.05) is 37.3 Å². The quantitative estimate of drug-likeness (QED) is 0.648. The van der Waals surface area contributed by atoms with Crippen LogP contribution in [0.5, 0.6) is 0 Å². The summed E-state index contributed by atoms with van der Waals surface area (Å²) >= 11 is 0. The average Bonchev–Trinajstić information content (AvgIpc) is 3.17. The highest BCUT2D eigenvalue weighted by Gasteiger charge is 2.16. The first-order valence-corrected chi connectivity index (χ1v) is 9.25. The minimum Gasteiger partial charge on any atom is -0.354 e. The fourth-order valence-electron chi connectivity index (χ4n) is 2.88. The molecule has 3 aromatic rings. The molecule has 1 aromatic carbocycles. The van der Waals surface area contributed by atoms with Crippen molar-refractivity contribution < 1.29 is 9.32 Å². The molecule has 1 unspecified atom stereocenters. The molecule has 28 heavy (non-hydrogen) atoms. The first kappa shape index (κ1) is 19.7. The second kappa shape index (κ2) is 9.23. The molecule has 0 aliphatic heterocycles. The number of aryl methyl sites for hydroxylation is 2. The Morgan fingerprint density at radius 2 is 2.00 bits per heavy atom. The van der Waals surface area contributed by atoms with Crippen LogP contribution in [0.2, 0.25) is 0 Å². The van der Waals surface area contributed by atoms with Crippen LogP contribution in [0, 0.1) is 6.92 Å². The van der Waals surface area contributed by atoms with Crippen LogP contribution in [0.3, 0.4) is 0 Å². The molecule has 1 N–H and O–H groups in total. The van der Waals surface area contributed by atoms with Gasteiger partial charge in [-0.05, 0) is 38.7 Å². The Labute approximate surface area is 164 Å². The number of aromatic nitrogens is 3. The molecule has 3 rings (SSSR count). The third-order valence-corrected chi connectivity index (χ3v) is 4.53. The van der Waals surface area contributed by atoms with Crippen LogP contribution >= 0.6 is 0 Å². The van der Waals surface area contributed by atoms with E-state index in [9.17, 15) is 4.79 Å². The molecule has 2 aromatic heterocycles. The molecule has 7 nitrogen and oxygen atoms in total. The van der Waals surface area contributed by atoms with Gasteiger partial charge in [0.15, 0.2) is 0 Å². The predicted molar refractivity (Wildman–Crippen MR) is 106 cm³/mol. The lowest BCUT2D eigenvalue weighted by molar-refractivity contribution is -0.121. The zero-order valence-corrected chi connectivity index (χ0v) is 16.4. The summed E-state index contributed by atoms with van der Waals surface area (Å²) in [6.45, 7) is 2.60. The number of pyridine rings is 1. The van der Waals surface area contributed by atoms with Crippen molar-refractivity contribution in [2.75, 3.05) is 20.6 Å². The predicted octanol–water partition coefficient (Wildman–Crippen LogP) is 2.79. The van der Waals surface area contributed by atoms with Crippen LogP contribution in [0.1, 0.15) is 29.5 Å². The summed E-state index contributed by atoms with van der Waals surface area (Å²) in [6.07, 6.45) is 4.05. The zero-order valence-electron chi connectivity index (χ0n) is 16.4. The van der Waals surface area contributed by atoms with Crippen LogP contribution in [-0.2, 0) is 11.2 Å². The highest BCUT2D eigenvalue weighted by molar-refractivity contribution is 5.76. The lowest BCUT2D eigenvalue weighted by atomic mass is 10.0. The van der Waals surface area contributed by atoms with Crippen LogP contribution in [0.15, 0.2) is 53.3 Å².